The Hall–Kier alpha value is -3.10. The number of hydrogen-bond donors (Lipinski definition) is 0. The first kappa shape index (κ1) is 18.9. The molecule has 0 aromatic carbocycles. The predicted octanol–water partition coefficient (Wildman–Crippen LogP) is 2.39. The molecule has 1 aliphatic heterocycles. The van der Waals surface area contributed by atoms with E-state index in [1.807, 2.05) is 23.3 Å². The molecular weight excluding hydrogens is 382 g/mol. The van der Waals surface area contributed by atoms with Crippen molar-refractivity contribution in [2.75, 3.05) is 13.1 Å². The second-order valence-electron chi connectivity index (χ2n) is 7.99. The van der Waals surface area contributed by atoms with E-state index in [9.17, 15) is 4.79 Å². The van der Waals surface area contributed by atoms with Gasteiger partial charge in [0.1, 0.15) is 24.1 Å². The summed E-state index contributed by atoms with van der Waals surface area (Å²) in [6.07, 6.45) is 8.97. The summed E-state index contributed by atoms with van der Waals surface area (Å²) in [7, 11) is 0. The average molecular weight is 407 g/mol. The SMILES string of the molecule is CCn1c(-c2cnc(C)nc2)nc2c(O[C@H]3CCN(C(=O)C4CCC4)C3)ncnc21. The molecule has 3 aromatic heterocycles. The molecule has 1 saturated carbocycles. The van der Waals surface area contributed by atoms with E-state index in [1.165, 1.54) is 6.33 Å². The first-order chi connectivity index (χ1) is 14.6. The number of carbonyl (C=O) groups is 1. The van der Waals surface area contributed by atoms with E-state index in [2.05, 4.69) is 19.9 Å². The molecular formula is C21H25N7O2. The minimum atomic E-state index is -0.0786. The molecule has 0 radical (unpaired) electrons. The van der Waals surface area contributed by atoms with E-state index in [0.29, 0.717) is 30.3 Å². The molecule has 2 fully saturated rings. The van der Waals surface area contributed by atoms with Crippen LogP contribution in [0.4, 0.5) is 0 Å². The Labute approximate surface area is 174 Å². The van der Waals surface area contributed by atoms with Crippen LogP contribution in [0.2, 0.25) is 0 Å². The lowest BCUT2D eigenvalue weighted by Crippen LogP contribution is -2.38. The van der Waals surface area contributed by atoms with Crippen molar-refractivity contribution in [2.24, 2.45) is 5.92 Å². The molecule has 0 unspecified atom stereocenters. The highest BCUT2D eigenvalue weighted by molar-refractivity contribution is 5.81. The lowest BCUT2D eigenvalue weighted by atomic mass is 9.84. The molecule has 0 bridgehead atoms. The first-order valence-corrected chi connectivity index (χ1v) is 10.6. The van der Waals surface area contributed by atoms with Gasteiger partial charge in [-0.3, -0.25) is 4.79 Å². The fraction of sp³-hybridized carbons (Fsp3) is 0.524. The zero-order chi connectivity index (χ0) is 20.7. The van der Waals surface area contributed by atoms with Gasteiger partial charge in [-0.05, 0) is 26.7 Å². The van der Waals surface area contributed by atoms with Crippen molar-refractivity contribution in [3.63, 3.8) is 0 Å². The van der Waals surface area contributed by atoms with Crippen molar-refractivity contribution in [3.05, 3.63) is 24.5 Å². The number of ether oxygens (including phenoxy) is 1. The standard InChI is InChI=1S/C21H25N7O2/c1-3-28-18(15-9-22-13(2)23-10-15)26-17-19(28)24-12-25-20(17)30-16-7-8-27(11-16)21(29)14-5-4-6-14/h9-10,12,14,16H,3-8,11H2,1-2H3/t16-/m0/s1. The number of rotatable bonds is 5. The predicted molar refractivity (Wildman–Crippen MR) is 110 cm³/mol. The third-order valence-corrected chi connectivity index (χ3v) is 6.04. The second-order valence-corrected chi connectivity index (χ2v) is 7.99. The minimum absolute atomic E-state index is 0.0786. The molecule has 0 spiro atoms. The lowest BCUT2D eigenvalue weighted by molar-refractivity contribution is -0.137. The molecule has 1 amide bonds. The summed E-state index contributed by atoms with van der Waals surface area (Å²) in [5.41, 5.74) is 2.17. The molecule has 156 valence electrons. The average Bonchev–Trinajstić information content (AvgIpc) is 3.32. The van der Waals surface area contributed by atoms with Gasteiger partial charge in [0.05, 0.1) is 12.1 Å². The topological polar surface area (TPSA) is 98.9 Å². The fourth-order valence-corrected chi connectivity index (χ4v) is 4.13. The summed E-state index contributed by atoms with van der Waals surface area (Å²) >= 11 is 0. The van der Waals surface area contributed by atoms with Crippen LogP contribution in [0.5, 0.6) is 5.88 Å². The number of nitrogens with zero attached hydrogens (tertiary/aromatic N) is 7. The van der Waals surface area contributed by atoms with E-state index in [1.54, 1.807) is 12.4 Å². The molecule has 30 heavy (non-hydrogen) atoms. The molecule has 1 saturated heterocycles. The summed E-state index contributed by atoms with van der Waals surface area (Å²) < 4.78 is 8.23. The maximum atomic E-state index is 12.5. The van der Waals surface area contributed by atoms with E-state index in [-0.39, 0.29) is 17.9 Å². The van der Waals surface area contributed by atoms with Crippen LogP contribution in [0.3, 0.4) is 0 Å². The number of amides is 1. The van der Waals surface area contributed by atoms with Crippen molar-refractivity contribution in [1.82, 2.24) is 34.4 Å². The number of aryl methyl sites for hydroxylation is 2. The van der Waals surface area contributed by atoms with Crippen molar-refractivity contribution in [2.45, 2.75) is 52.2 Å². The van der Waals surface area contributed by atoms with Crippen molar-refractivity contribution >= 4 is 17.1 Å². The molecule has 3 aromatic rings. The molecule has 1 atom stereocenters. The smallest absolute Gasteiger partial charge is 0.245 e. The van der Waals surface area contributed by atoms with Gasteiger partial charge < -0.3 is 14.2 Å². The number of carbonyl (C=O) groups excluding carboxylic acids is 1. The monoisotopic (exact) mass is 407 g/mol. The lowest BCUT2D eigenvalue weighted by Gasteiger charge is -2.29. The Morgan fingerprint density at radius 2 is 1.97 bits per heavy atom. The number of imidazole rings is 1. The first-order valence-electron chi connectivity index (χ1n) is 10.6. The van der Waals surface area contributed by atoms with E-state index in [0.717, 1.165) is 49.3 Å². The highest BCUT2D eigenvalue weighted by Crippen LogP contribution is 2.31. The van der Waals surface area contributed by atoms with Gasteiger partial charge in [0.15, 0.2) is 11.2 Å². The van der Waals surface area contributed by atoms with E-state index in [4.69, 9.17) is 9.72 Å². The Morgan fingerprint density at radius 1 is 1.17 bits per heavy atom. The number of hydrogen-bond acceptors (Lipinski definition) is 7. The summed E-state index contributed by atoms with van der Waals surface area (Å²) in [5, 5.41) is 0. The van der Waals surface area contributed by atoms with Crippen LogP contribution in [0.25, 0.3) is 22.6 Å². The van der Waals surface area contributed by atoms with Crippen molar-refractivity contribution < 1.29 is 9.53 Å². The summed E-state index contributed by atoms with van der Waals surface area (Å²) in [6, 6.07) is 0. The van der Waals surface area contributed by atoms with Crippen LogP contribution in [-0.4, -0.2) is 59.5 Å². The summed E-state index contributed by atoms with van der Waals surface area (Å²) in [5.74, 6) is 2.41. The van der Waals surface area contributed by atoms with Gasteiger partial charge in [-0.2, -0.15) is 4.98 Å². The van der Waals surface area contributed by atoms with E-state index < -0.39 is 0 Å². The van der Waals surface area contributed by atoms with Crippen LogP contribution < -0.4 is 4.74 Å². The Bertz CT molecular complexity index is 1070. The maximum Gasteiger partial charge on any atom is 0.245 e. The van der Waals surface area contributed by atoms with Crippen LogP contribution in [0.1, 0.15) is 38.4 Å². The molecule has 5 rings (SSSR count). The highest BCUT2D eigenvalue weighted by Gasteiger charge is 2.35. The Balaban J connectivity index is 1.41. The van der Waals surface area contributed by atoms with E-state index >= 15 is 0 Å². The quantitative estimate of drug-likeness (QED) is 0.640. The largest absolute Gasteiger partial charge is 0.471 e. The Morgan fingerprint density at radius 3 is 2.67 bits per heavy atom. The third-order valence-electron chi connectivity index (χ3n) is 6.04. The van der Waals surface area contributed by atoms with Gasteiger partial charge >= 0.3 is 0 Å². The van der Waals surface area contributed by atoms with Crippen molar-refractivity contribution in [1.29, 1.82) is 0 Å². The van der Waals surface area contributed by atoms with Gasteiger partial charge in [0, 0.05) is 37.8 Å². The molecule has 2 aliphatic rings. The number of fused-ring (bicyclic) bond motifs is 1. The molecule has 4 heterocycles. The van der Waals surface area contributed by atoms with Gasteiger partial charge in [0.25, 0.3) is 0 Å². The zero-order valence-electron chi connectivity index (χ0n) is 17.3. The second kappa shape index (κ2) is 7.62. The number of likely N-dealkylation sites (tertiary alicyclic amines) is 1. The molecule has 1 aliphatic carbocycles. The summed E-state index contributed by atoms with van der Waals surface area (Å²) in [4.78, 5) is 36.6. The highest BCUT2D eigenvalue weighted by atomic mass is 16.5. The molecule has 0 N–H and O–H groups in total. The van der Waals surface area contributed by atoms with Crippen LogP contribution in [-0.2, 0) is 11.3 Å². The Kier molecular flexibility index (Phi) is 4.80. The number of aromatic nitrogens is 6. The third kappa shape index (κ3) is 3.28. The fourth-order valence-electron chi connectivity index (χ4n) is 4.13. The summed E-state index contributed by atoms with van der Waals surface area (Å²) in [6.45, 7) is 5.94. The van der Waals surface area contributed by atoms with Crippen LogP contribution in [0, 0.1) is 12.8 Å². The van der Waals surface area contributed by atoms with Crippen molar-refractivity contribution in [3.8, 4) is 17.3 Å². The van der Waals surface area contributed by atoms with Gasteiger partial charge in [-0.15, -0.1) is 0 Å². The van der Waals surface area contributed by atoms with Crippen LogP contribution >= 0.6 is 0 Å². The molecule has 9 nitrogen and oxygen atoms in total. The zero-order valence-corrected chi connectivity index (χ0v) is 17.3. The maximum absolute atomic E-state index is 12.5. The normalized spacial score (nSPS) is 19.3. The van der Waals surface area contributed by atoms with Crippen LogP contribution in [0.15, 0.2) is 18.7 Å². The van der Waals surface area contributed by atoms with Gasteiger partial charge in [-0.25, -0.2) is 19.9 Å². The van der Waals surface area contributed by atoms with Gasteiger partial charge in [0.2, 0.25) is 11.8 Å². The van der Waals surface area contributed by atoms with Gasteiger partial charge in [-0.1, -0.05) is 6.42 Å². The molecule has 9 heteroatoms. The minimum Gasteiger partial charge on any atom is -0.471 e.